The number of carbonyl (C=O) groups excluding carboxylic acids is 1. The number of hydrogen-bond acceptors (Lipinski definition) is 1. The van der Waals surface area contributed by atoms with Gasteiger partial charge in [0.05, 0.1) is 0 Å². The van der Waals surface area contributed by atoms with Crippen LogP contribution in [0.3, 0.4) is 0 Å². The molecule has 0 aromatic heterocycles. The molecule has 1 heteroatoms. The summed E-state index contributed by atoms with van der Waals surface area (Å²) < 4.78 is 0. The molecule has 0 saturated heterocycles. The average Bonchev–Trinajstić information content (AvgIpc) is 2.11. The van der Waals surface area contributed by atoms with Crippen LogP contribution in [0.1, 0.15) is 53.4 Å². The first kappa shape index (κ1) is 10.9. The van der Waals surface area contributed by atoms with E-state index in [1.54, 1.807) is 0 Å². The van der Waals surface area contributed by atoms with Crippen LogP contribution in [0.15, 0.2) is 11.6 Å². The molecule has 2 aliphatic rings. The molecule has 84 valence electrons. The maximum Gasteiger partial charge on any atom is 0.162 e. The molecule has 1 fully saturated rings. The molecule has 0 N–H and O–H groups in total. The van der Waals surface area contributed by atoms with Gasteiger partial charge >= 0.3 is 0 Å². The smallest absolute Gasteiger partial charge is 0.162 e. The van der Waals surface area contributed by atoms with E-state index in [2.05, 4.69) is 27.7 Å². The molecule has 0 aromatic carbocycles. The van der Waals surface area contributed by atoms with Gasteiger partial charge in [0, 0.05) is 5.41 Å². The summed E-state index contributed by atoms with van der Waals surface area (Å²) in [5.41, 5.74) is 1.37. The second-order valence-corrected chi connectivity index (χ2v) is 6.09. The predicted octanol–water partition coefficient (Wildman–Crippen LogP) is 3.74. The maximum absolute atomic E-state index is 12.3. The average molecular weight is 206 g/mol. The molecule has 0 heterocycles. The van der Waals surface area contributed by atoms with Crippen molar-refractivity contribution in [2.75, 3.05) is 0 Å². The van der Waals surface area contributed by atoms with Crippen LogP contribution >= 0.6 is 0 Å². The second-order valence-electron chi connectivity index (χ2n) is 6.09. The molecule has 3 atom stereocenters. The Morgan fingerprint density at radius 3 is 2.73 bits per heavy atom. The molecule has 0 aliphatic heterocycles. The lowest BCUT2D eigenvalue weighted by atomic mass is 9.48. The van der Waals surface area contributed by atoms with Crippen LogP contribution in [0.25, 0.3) is 0 Å². The highest BCUT2D eigenvalue weighted by Gasteiger charge is 2.55. The van der Waals surface area contributed by atoms with E-state index in [1.807, 2.05) is 6.08 Å². The number of ketones is 1. The highest BCUT2D eigenvalue weighted by molar-refractivity contribution is 5.97. The van der Waals surface area contributed by atoms with Crippen LogP contribution in [-0.4, -0.2) is 5.78 Å². The monoisotopic (exact) mass is 206 g/mol. The summed E-state index contributed by atoms with van der Waals surface area (Å²) in [6.45, 7) is 8.87. The van der Waals surface area contributed by atoms with Crippen LogP contribution in [0, 0.1) is 16.7 Å². The van der Waals surface area contributed by atoms with E-state index < -0.39 is 0 Å². The van der Waals surface area contributed by atoms with Crippen molar-refractivity contribution in [1.29, 1.82) is 0 Å². The Morgan fingerprint density at radius 2 is 2.07 bits per heavy atom. The standard InChI is InChI=1S/C14H22O/c1-10-8-12(15)14(4)11(2)6-5-7-13(14,3)9-10/h8,11H,5-7,9H2,1-4H3/t11?,13-,14-/m1/s1. The Labute approximate surface area is 92.9 Å². The van der Waals surface area contributed by atoms with Crippen LogP contribution in [0.2, 0.25) is 0 Å². The summed E-state index contributed by atoms with van der Waals surface area (Å²) in [5.74, 6) is 0.911. The van der Waals surface area contributed by atoms with Crippen molar-refractivity contribution >= 4 is 5.78 Å². The minimum atomic E-state index is -0.106. The molecule has 2 rings (SSSR count). The zero-order chi connectivity index (χ0) is 11.3. The van der Waals surface area contributed by atoms with E-state index in [0.717, 1.165) is 6.42 Å². The molecule has 1 unspecified atom stereocenters. The zero-order valence-corrected chi connectivity index (χ0v) is 10.4. The van der Waals surface area contributed by atoms with Crippen LogP contribution < -0.4 is 0 Å². The molecule has 0 aromatic rings. The second kappa shape index (κ2) is 3.20. The van der Waals surface area contributed by atoms with Crippen molar-refractivity contribution in [3.8, 4) is 0 Å². The first-order valence-electron chi connectivity index (χ1n) is 6.12. The lowest BCUT2D eigenvalue weighted by Crippen LogP contribution is -2.52. The first-order valence-corrected chi connectivity index (χ1v) is 6.12. The third-order valence-corrected chi connectivity index (χ3v) is 5.16. The molecule has 1 nitrogen and oxygen atoms in total. The third-order valence-electron chi connectivity index (χ3n) is 5.16. The number of hydrogen-bond donors (Lipinski definition) is 0. The van der Waals surface area contributed by atoms with Gasteiger partial charge < -0.3 is 0 Å². The SMILES string of the molecule is CC1=CC(=O)[C@@]2(C)C(C)CCC[C@]2(C)C1. The van der Waals surface area contributed by atoms with Gasteiger partial charge in [0.1, 0.15) is 0 Å². The zero-order valence-electron chi connectivity index (χ0n) is 10.4. The summed E-state index contributed by atoms with van der Waals surface area (Å²) >= 11 is 0. The van der Waals surface area contributed by atoms with Crippen LogP contribution in [0.5, 0.6) is 0 Å². The first-order chi connectivity index (χ1) is 6.90. The van der Waals surface area contributed by atoms with Gasteiger partial charge in [-0.1, -0.05) is 32.8 Å². The lowest BCUT2D eigenvalue weighted by molar-refractivity contribution is -0.141. The molecule has 0 spiro atoms. The molecule has 2 aliphatic carbocycles. The van der Waals surface area contributed by atoms with E-state index in [-0.39, 0.29) is 10.8 Å². The van der Waals surface area contributed by atoms with E-state index in [9.17, 15) is 4.79 Å². The normalized spacial score (nSPS) is 46.0. The van der Waals surface area contributed by atoms with Gasteiger partial charge in [-0.05, 0) is 43.6 Å². The molecular weight excluding hydrogens is 184 g/mol. The number of fused-ring (bicyclic) bond motifs is 1. The molecular formula is C14H22O. The Balaban J connectivity index is 2.49. The predicted molar refractivity (Wildman–Crippen MR) is 62.6 cm³/mol. The van der Waals surface area contributed by atoms with Crippen molar-refractivity contribution in [3.05, 3.63) is 11.6 Å². The van der Waals surface area contributed by atoms with Crippen molar-refractivity contribution in [1.82, 2.24) is 0 Å². The summed E-state index contributed by atoms with van der Waals surface area (Å²) in [6.07, 6.45) is 6.71. The van der Waals surface area contributed by atoms with Gasteiger partial charge in [0.2, 0.25) is 0 Å². The van der Waals surface area contributed by atoms with Crippen LogP contribution in [-0.2, 0) is 4.79 Å². The molecule has 1 saturated carbocycles. The van der Waals surface area contributed by atoms with Gasteiger partial charge in [-0.15, -0.1) is 0 Å². The summed E-state index contributed by atoms with van der Waals surface area (Å²) in [7, 11) is 0. The summed E-state index contributed by atoms with van der Waals surface area (Å²) in [5, 5.41) is 0. The van der Waals surface area contributed by atoms with Crippen molar-refractivity contribution < 1.29 is 4.79 Å². The minimum absolute atomic E-state index is 0.106. The molecule has 0 radical (unpaired) electrons. The van der Waals surface area contributed by atoms with Crippen molar-refractivity contribution in [3.63, 3.8) is 0 Å². The third kappa shape index (κ3) is 1.32. The van der Waals surface area contributed by atoms with Gasteiger partial charge in [-0.2, -0.15) is 0 Å². The highest BCUT2D eigenvalue weighted by Crippen LogP contribution is 2.58. The fourth-order valence-electron chi connectivity index (χ4n) is 3.79. The van der Waals surface area contributed by atoms with E-state index in [1.165, 1.54) is 24.8 Å². The van der Waals surface area contributed by atoms with Gasteiger partial charge in [-0.25, -0.2) is 0 Å². The van der Waals surface area contributed by atoms with Crippen molar-refractivity contribution in [2.45, 2.75) is 53.4 Å². The minimum Gasteiger partial charge on any atom is -0.294 e. The molecule has 15 heavy (non-hydrogen) atoms. The fourth-order valence-corrected chi connectivity index (χ4v) is 3.79. The van der Waals surface area contributed by atoms with E-state index in [4.69, 9.17) is 0 Å². The van der Waals surface area contributed by atoms with E-state index in [0.29, 0.717) is 11.7 Å². The summed E-state index contributed by atoms with van der Waals surface area (Å²) in [4.78, 5) is 12.3. The van der Waals surface area contributed by atoms with Gasteiger partial charge in [-0.3, -0.25) is 4.79 Å². The quantitative estimate of drug-likeness (QED) is 0.590. The molecule has 0 amide bonds. The van der Waals surface area contributed by atoms with Gasteiger partial charge in [0.25, 0.3) is 0 Å². The lowest BCUT2D eigenvalue weighted by Gasteiger charge is -2.54. The van der Waals surface area contributed by atoms with Crippen molar-refractivity contribution in [2.24, 2.45) is 16.7 Å². The topological polar surface area (TPSA) is 17.1 Å². The largest absolute Gasteiger partial charge is 0.294 e. The van der Waals surface area contributed by atoms with Crippen LogP contribution in [0.4, 0.5) is 0 Å². The Bertz CT molecular complexity index is 328. The maximum atomic E-state index is 12.3. The Kier molecular flexibility index (Phi) is 2.33. The Hall–Kier alpha value is -0.590. The Morgan fingerprint density at radius 1 is 1.40 bits per heavy atom. The molecule has 0 bridgehead atoms. The van der Waals surface area contributed by atoms with E-state index >= 15 is 0 Å². The number of carbonyl (C=O) groups is 1. The summed E-state index contributed by atoms with van der Waals surface area (Å²) in [6, 6.07) is 0. The number of allylic oxidation sites excluding steroid dienone is 2. The highest BCUT2D eigenvalue weighted by atomic mass is 16.1. The number of rotatable bonds is 0. The fraction of sp³-hybridized carbons (Fsp3) is 0.786. The van der Waals surface area contributed by atoms with Gasteiger partial charge in [0.15, 0.2) is 5.78 Å².